The molecule has 2 heterocycles. The zero-order valence-corrected chi connectivity index (χ0v) is 14.0. The van der Waals surface area contributed by atoms with Crippen molar-refractivity contribution in [3.63, 3.8) is 0 Å². The van der Waals surface area contributed by atoms with Gasteiger partial charge in [0.25, 0.3) is 0 Å². The molecule has 6 nitrogen and oxygen atoms in total. The number of benzene rings is 1. The van der Waals surface area contributed by atoms with Crippen molar-refractivity contribution in [3.8, 4) is 0 Å². The van der Waals surface area contributed by atoms with Crippen LogP contribution >= 0.6 is 0 Å². The molecular weight excluding hydrogens is 304 g/mol. The lowest BCUT2D eigenvalue weighted by molar-refractivity contribution is -0.148. The SMILES string of the molecule is CCOC(=O)C1CCN(c2ccccc2Cn2ccnc2N)CC1. The Morgan fingerprint density at radius 2 is 2.08 bits per heavy atom. The molecule has 0 saturated carbocycles. The maximum Gasteiger partial charge on any atom is 0.309 e. The van der Waals surface area contributed by atoms with Gasteiger partial charge >= 0.3 is 5.97 Å². The number of rotatable bonds is 5. The Labute approximate surface area is 142 Å². The quantitative estimate of drug-likeness (QED) is 0.853. The summed E-state index contributed by atoms with van der Waals surface area (Å²) in [6.45, 7) is 4.72. The number of nitrogens with two attached hydrogens (primary N) is 1. The predicted octanol–water partition coefficient (Wildman–Crippen LogP) is 2.29. The standard InChI is InChI=1S/C18H24N4O2/c1-2-24-17(23)14-7-10-21(11-8-14)16-6-4-3-5-15(16)13-22-12-9-20-18(22)19/h3-6,9,12,14H,2,7-8,10-11,13H2,1H3,(H2,19,20). The summed E-state index contributed by atoms with van der Waals surface area (Å²) in [5, 5.41) is 0. The normalized spacial score (nSPS) is 15.5. The first-order valence-corrected chi connectivity index (χ1v) is 8.45. The summed E-state index contributed by atoms with van der Waals surface area (Å²) in [6, 6.07) is 8.34. The van der Waals surface area contributed by atoms with Crippen LogP contribution in [0.4, 0.5) is 11.6 Å². The third-order valence-electron chi connectivity index (χ3n) is 4.54. The number of aromatic nitrogens is 2. The molecule has 1 aliphatic rings. The van der Waals surface area contributed by atoms with Crippen LogP contribution in [0.1, 0.15) is 25.3 Å². The molecule has 1 aliphatic heterocycles. The van der Waals surface area contributed by atoms with E-state index in [4.69, 9.17) is 10.5 Å². The van der Waals surface area contributed by atoms with E-state index in [-0.39, 0.29) is 11.9 Å². The summed E-state index contributed by atoms with van der Waals surface area (Å²) in [5.41, 5.74) is 8.29. The molecule has 128 valence electrons. The molecule has 0 bridgehead atoms. The van der Waals surface area contributed by atoms with Crippen molar-refractivity contribution in [2.24, 2.45) is 5.92 Å². The third kappa shape index (κ3) is 3.53. The molecule has 0 amide bonds. The fraction of sp³-hybridized carbons (Fsp3) is 0.444. The highest BCUT2D eigenvalue weighted by Crippen LogP contribution is 2.27. The highest BCUT2D eigenvalue weighted by molar-refractivity contribution is 5.73. The number of nitrogens with zero attached hydrogens (tertiary/aromatic N) is 3. The van der Waals surface area contributed by atoms with Gasteiger partial charge in [0.1, 0.15) is 0 Å². The second-order valence-corrected chi connectivity index (χ2v) is 6.06. The molecule has 0 aliphatic carbocycles. The van der Waals surface area contributed by atoms with E-state index in [1.807, 2.05) is 29.8 Å². The van der Waals surface area contributed by atoms with Crippen molar-refractivity contribution >= 4 is 17.6 Å². The maximum atomic E-state index is 11.9. The third-order valence-corrected chi connectivity index (χ3v) is 4.54. The van der Waals surface area contributed by atoms with Crippen LogP contribution in [0.2, 0.25) is 0 Å². The molecule has 1 aromatic heterocycles. The molecule has 1 fully saturated rings. The average Bonchev–Trinajstić information content (AvgIpc) is 3.01. The molecule has 0 radical (unpaired) electrons. The van der Waals surface area contributed by atoms with Crippen molar-refractivity contribution < 1.29 is 9.53 Å². The van der Waals surface area contributed by atoms with E-state index in [2.05, 4.69) is 22.0 Å². The number of ether oxygens (including phenoxy) is 1. The molecule has 0 spiro atoms. The number of nitrogen functional groups attached to an aromatic ring is 1. The molecule has 1 saturated heterocycles. The summed E-state index contributed by atoms with van der Waals surface area (Å²) >= 11 is 0. The highest BCUT2D eigenvalue weighted by atomic mass is 16.5. The number of esters is 1. The van der Waals surface area contributed by atoms with E-state index >= 15 is 0 Å². The van der Waals surface area contributed by atoms with Gasteiger partial charge in [-0.2, -0.15) is 0 Å². The topological polar surface area (TPSA) is 73.4 Å². The molecule has 3 rings (SSSR count). The van der Waals surface area contributed by atoms with Crippen molar-refractivity contribution in [2.45, 2.75) is 26.3 Å². The summed E-state index contributed by atoms with van der Waals surface area (Å²) in [7, 11) is 0. The van der Waals surface area contributed by atoms with Crippen LogP contribution in [0.5, 0.6) is 0 Å². The van der Waals surface area contributed by atoms with Crippen molar-refractivity contribution in [2.75, 3.05) is 30.3 Å². The second kappa shape index (κ2) is 7.38. The number of hydrogen-bond donors (Lipinski definition) is 1. The molecule has 24 heavy (non-hydrogen) atoms. The van der Waals surface area contributed by atoms with E-state index in [0.29, 0.717) is 19.1 Å². The fourth-order valence-electron chi connectivity index (χ4n) is 3.23. The van der Waals surface area contributed by atoms with E-state index in [1.165, 1.54) is 11.3 Å². The molecule has 1 aromatic carbocycles. The van der Waals surface area contributed by atoms with Crippen LogP contribution in [0.25, 0.3) is 0 Å². The van der Waals surface area contributed by atoms with E-state index in [9.17, 15) is 4.79 Å². The lowest BCUT2D eigenvalue weighted by Crippen LogP contribution is -2.37. The Kier molecular flexibility index (Phi) is 5.03. The van der Waals surface area contributed by atoms with Crippen LogP contribution in [0.3, 0.4) is 0 Å². The number of anilines is 2. The van der Waals surface area contributed by atoms with Gasteiger partial charge in [-0.15, -0.1) is 0 Å². The first-order chi connectivity index (χ1) is 11.7. The van der Waals surface area contributed by atoms with Gasteiger partial charge in [0.15, 0.2) is 5.95 Å². The minimum atomic E-state index is -0.0587. The van der Waals surface area contributed by atoms with Crippen molar-refractivity contribution in [1.82, 2.24) is 9.55 Å². The molecule has 0 atom stereocenters. The van der Waals surface area contributed by atoms with Crippen LogP contribution in [-0.2, 0) is 16.1 Å². The second-order valence-electron chi connectivity index (χ2n) is 6.06. The summed E-state index contributed by atoms with van der Waals surface area (Å²) in [4.78, 5) is 18.3. The monoisotopic (exact) mass is 328 g/mol. The zero-order chi connectivity index (χ0) is 16.9. The summed E-state index contributed by atoms with van der Waals surface area (Å²) in [6.07, 6.45) is 5.27. The first-order valence-electron chi connectivity index (χ1n) is 8.45. The predicted molar refractivity (Wildman–Crippen MR) is 93.8 cm³/mol. The minimum Gasteiger partial charge on any atom is -0.466 e. The number of carbonyl (C=O) groups is 1. The Balaban J connectivity index is 1.70. The lowest BCUT2D eigenvalue weighted by atomic mass is 9.96. The number of carbonyl (C=O) groups excluding carboxylic acids is 1. The fourth-order valence-corrected chi connectivity index (χ4v) is 3.23. The lowest BCUT2D eigenvalue weighted by Gasteiger charge is -2.34. The van der Waals surface area contributed by atoms with Crippen LogP contribution < -0.4 is 10.6 Å². The Bertz CT molecular complexity index is 690. The molecule has 2 N–H and O–H groups in total. The van der Waals surface area contributed by atoms with Gasteiger partial charge in [0.05, 0.1) is 19.1 Å². The van der Waals surface area contributed by atoms with E-state index in [0.717, 1.165) is 25.9 Å². The number of imidazole rings is 1. The molecule has 0 unspecified atom stereocenters. The van der Waals surface area contributed by atoms with Gasteiger partial charge in [0, 0.05) is 31.2 Å². The molecular formula is C18H24N4O2. The number of hydrogen-bond acceptors (Lipinski definition) is 5. The van der Waals surface area contributed by atoms with Gasteiger partial charge in [-0.05, 0) is 31.4 Å². The first kappa shape index (κ1) is 16.4. The van der Waals surface area contributed by atoms with Gasteiger partial charge in [-0.1, -0.05) is 18.2 Å². The Hall–Kier alpha value is -2.50. The maximum absolute atomic E-state index is 11.9. The summed E-state index contributed by atoms with van der Waals surface area (Å²) in [5.74, 6) is 0.486. The smallest absolute Gasteiger partial charge is 0.309 e. The van der Waals surface area contributed by atoms with Crippen molar-refractivity contribution in [3.05, 3.63) is 42.2 Å². The van der Waals surface area contributed by atoms with Crippen LogP contribution in [0, 0.1) is 5.92 Å². The molecule has 2 aromatic rings. The molecule has 6 heteroatoms. The number of piperidine rings is 1. The van der Waals surface area contributed by atoms with E-state index in [1.54, 1.807) is 6.20 Å². The van der Waals surface area contributed by atoms with E-state index < -0.39 is 0 Å². The summed E-state index contributed by atoms with van der Waals surface area (Å²) < 4.78 is 7.08. The van der Waals surface area contributed by atoms with Crippen molar-refractivity contribution in [1.29, 1.82) is 0 Å². The Morgan fingerprint density at radius 3 is 2.75 bits per heavy atom. The zero-order valence-electron chi connectivity index (χ0n) is 14.0. The average molecular weight is 328 g/mol. The largest absolute Gasteiger partial charge is 0.466 e. The van der Waals surface area contributed by atoms with Gasteiger partial charge in [0.2, 0.25) is 0 Å². The number of para-hydroxylation sites is 1. The van der Waals surface area contributed by atoms with Gasteiger partial charge in [-0.25, -0.2) is 4.98 Å². The van der Waals surface area contributed by atoms with Crippen LogP contribution in [-0.4, -0.2) is 35.2 Å². The van der Waals surface area contributed by atoms with Gasteiger partial charge in [-0.3, -0.25) is 4.79 Å². The highest BCUT2D eigenvalue weighted by Gasteiger charge is 2.26. The minimum absolute atomic E-state index is 0.0256. The van der Waals surface area contributed by atoms with Crippen LogP contribution in [0.15, 0.2) is 36.7 Å². The Morgan fingerprint density at radius 1 is 1.33 bits per heavy atom. The van der Waals surface area contributed by atoms with Gasteiger partial charge < -0.3 is 19.9 Å².